The predicted octanol–water partition coefficient (Wildman–Crippen LogP) is 1.88. The van der Waals surface area contributed by atoms with Gasteiger partial charge in [0.15, 0.2) is 0 Å². The van der Waals surface area contributed by atoms with E-state index in [1.165, 1.54) is 23.7 Å². The Morgan fingerprint density at radius 3 is 2.90 bits per heavy atom. The van der Waals surface area contributed by atoms with Gasteiger partial charge in [0, 0.05) is 25.1 Å². The van der Waals surface area contributed by atoms with Crippen LogP contribution in [0.25, 0.3) is 0 Å². The fourth-order valence-corrected chi connectivity index (χ4v) is 3.08. The molecule has 0 radical (unpaired) electrons. The van der Waals surface area contributed by atoms with Crippen molar-refractivity contribution < 1.29 is 5.11 Å². The third-order valence-electron chi connectivity index (χ3n) is 4.35. The molecular weight excluding hydrogens is 278 g/mol. The Kier molecular flexibility index (Phi) is 3.98. The van der Waals surface area contributed by atoms with Crippen molar-refractivity contribution in [3.63, 3.8) is 0 Å². The molecule has 0 aromatic carbocycles. The van der Waals surface area contributed by atoms with Gasteiger partial charge >= 0.3 is 0 Å². The average molecular weight is 298 g/mol. The second-order valence-electron chi connectivity index (χ2n) is 5.92. The molecule has 3 rings (SSSR count). The van der Waals surface area contributed by atoms with Gasteiger partial charge in [-0.1, -0.05) is 18.0 Å². The number of rotatable bonds is 5. The molecule has 2 saturated carbocycles. The zero-order valence-electron chi connectivity index (χ0n) is 11.4. The van der Waals surface area contributed by atoms with E-state index in [-0.39, 0.29) is 24.1 Å². The van der Waals surface area contributed by atoms with Gasteiger partial charge < -0.3 is 10.4 Å². The van der Waals surface area contributed by atoms with Crippen LogP contribution in [0.4, 0.5) is 5.69 Å². The maximum absolute atomic E-state index is 12.4. The molecule has 2 aliphatic carbocycles. The van der Waals surface area contributed by atoms with Crippen molar-refractivity contribution in [1.82, 2.24) is 9.78 Å². The minimum Gasteiger partial charge on any atom is -0.396 e. The highest BCUT2D eigenvalue weighted by molar-refractivity contribution is 6.33. The lowest BCUT2D eigenvalue weighted by Gasteiger charge is -2.20. The van der Waals surface area contributed by atoms with Gasteiger partial charge in [0.1, 0.15) is 5.69 Å². The van der Waals surface area contributed by atoms with E-state index in [2.05, 4.69) is 10.4 Å². The fourth-order valence-electron chi connectivity index (χ4n) is 2.91. The smallest absolute Gasteiger partial charge is 0.291 e. The summed E-state index contributed by atoms with van der Waals surface area (Å²) < 4.78 is 1.51. The van der Waals surface area contributed by atoms with Crippen molar-refractivity contribution in [2.24, 2.45) is 11.8 Å². The largest absolute Gasteiger partial charge is 0.396 e. The standard InChI is InChI=1S/C14H20ClN3O2/c15-11-6-16-18(7-9-4-5-9)14(20)13(11)17-12-3-1-2-10(12)8-19/h6,9-10,12,17,19H,1-5,7-8H2. The van der Waals surface area contributed by atoms with E-state index in [0.29, 0.717) is 23.2 Å². The average Bonchev–Trinajstić information content (AvgIpc) is 3.14. The van der Waals surface area contributed by atoms with Gasteiger partial charge in [-0.05, 0) is 31.6 Å². The monoisotopic (exact) mass is 297 g/mol. The maximum atomic E-state index is 12.4. The second-order valence-corrected chi connectivity index (χ2v) is 6.33. The van der Waals surface area contributed by atoms with Crippen LogP contribution in [0.1, 0.15) is 32.1 Å². The summed E-state index contributed by atoms with van der Waals surface area (Å²) in [4.78, 5) is 12.4. The zero-order valence-corrected chi connectivity index (χ0v) is 12.1. The quantitative estimate of drug-likeness (QED) is 0.871. The van der Waals surface area contributed by atoms with E-state index >= 15 is 0 Å². The molecule has 110 valence electrons. The van der Waals surface area contributed by atoms with Crippen LogP contribution in [0.15, 0.2) is 11.0 Å². The number of aliphatic hydroxyl groups is 1. The van der Waals surface area contributed by atoms with E-state index in [0.717, 1.165) is 19.3 Å². The van der Waals surface area contributed by atoms with E-state index in [9.17, 15) is 9.90 Å². The maximum Gasteiger partial charge on any atom is 0.291 e. The van der Waals surface area contributed by atoms with Crippen molar-refractivity contribution in [2.75, 3.05) is 11.9 Å². The molecule has 2 N–H and O–H groups in total. The van der Waals surface area contributed by atoms with Gasteiger partial charge in [0.25, 0.3) is 5.56 Å². The highest BCUT2D eigenvalue weighted by atomic mass is 35.5. The summed E-state index contributed by atoms with van der Waals surface area (Å²) in [5, 5.41) is 17.1. The predicted molar refractivity (Wildman–Crippen MR) is 78.1 cm³/mol. The Morgan fingerprint density at radius 1 is 1.40 bits per heavy atom. The molecule has 2 unspecified atom stereocenters. The minimum atomic E-state index is -0.145. The summed E-state index contributed by atoms with van der Waals surface area (Å²) >= 11 is 6.12. The molecule has 5 nitrogen and oxygen atoms in total. The normalized spacial score (nSPS) is 25.9. The number of nitrogens with zero attached hydrogens (tertiary/aromatic N) is 2. The van der Waals surface area contributed by atoms with Gasteiger partial charge in [0.05, 0.1) is 11.2 Å². The van der Waals surface area contributed by atoms with Crippen molar-refractivity contribution >= 4 is 17.3 Å². The number of halogens is 1. The van der Waals surface area contributed by atoms with E-state index in [1.807, 2.05) is 0 Å². The lowest BCUT2D eigenvalue weighted by molar-refractivity contribution is 0.222. The zero-order chi connectivity index (χ0) is 14.1. The van der Waals surface area contributed by atoms with Crippen LogP contribution in [-0.2, 0) is 6.54 Å². The Balaban J connectivity index is 1.82. The summed E-state index contributed by atoms with van der Waals surface area (Å²) in [6.07, 6.45) is 6.92. The molecule has 6 heteroatoms. The molecule has 0 saturated heterocycles. The highest BCUT2D eigenvalue weighted by Crippen LogP contribution is 2.31. The summed E-state index contributed by atoms with van der Waals surface area (Å²) in [5.74, 6) is 0.793. The number of hydrogen-bond acceptors (Lipinski definition) is 4. The van der Waals surface area contributed by atoms with Crippen molar-refractivity contribution in [2.45, 2.75) is 44.7 Å². The first-order valence-corrected chi connectivity index (χ1v) is 7.70. The number of hydrogen-bond donors (Lipinski definition) is 2. The first-order valence-electron chi connectivity index (χ1n) is 7.32. The molecule has 2 aliphatic rings. The van der Waals surface area contributed by atoms with Gasteiger partial charge in [0.2, 0.25) is 0 Å². The molecule has 0 spiro atoms. The van der Waals surface area contributed by atoms with E-state index < -0.39 is 0 Å². The SMILES string of the molecule is O=c1c(NC2CCCC2CO)c(Cl)cnn1CC1CC1. The summed E-state index contributed by atoms with van der Waals surface area (Å²) in [6, 6.07) is 0.127. The van der Waals surface area contributed by atoms with Crippen molar-refractivity contribution in [1.29, 1.82) is 0 Å². The third-order valence-corrected chi connectivity index (χ3v) is 4.64. The summed E-state index contributed by atoms with van der Waals surface area (Å²) in [7, 11) is 0. The topological polar surface area (TPSA) is 67.2 Å². The van der Waals surface area contributed by atoms with Crippen LogP contribution in [-0.4, -0.2) is 27.5 Å². The lowest BCUT2D eigenvalue weighted by Crippen LogP contribution is -2.33. The lowest BCUT2D eigenvalue weighted by atomic mass is 10.1. The Labute approximate surface area is 122 Å². The molecule has 2 fully saturated rings. The van der Waals surface area contributed by atoms with Crippen molar-refractivity contribution in [3.05, 3.63) is 21.6 Å². The molecule has 1 heterocycles. The molecule has 2 atom stereocenters. The van der Waals surface area contributed by atoms with Crippen LogP contribution >= 0.6 is 11.6 Å². The summed E-state index contributed by atoms with van der Waals surface area (Å²) in [5.41, 5.74) is 0.292. The summed E-state index contributed by atoms with van der Waals surface area (Å²) in [6.45, 7) is 0.829. The molecule has 1 aromatic heterocycles. The van der Waals surface area contributed by atoms with Crippen LogP contribution in [0.3, 0.4) is 0 Å². The van der Waals surface area contributed by atoms with Crippen molar-refractivity contribution in [3.8, 4) is 0 Å². The Bertz CT molecular complexity index is 542. The highest BCUT2D eigenvalue weighted by Gasteiger charge is 2.28. The van der Waals surface area contributed by atoms with E-state index in [4.69, 9.17) is 11.6 Å². The van der Waals surface area contributed by atoms with Crippen LogP contribution in [0.5, 0.6) is 0 Å². The Morgan fingerprint density at radius 2 is 2.20 bits per heavy atom. The molecular formula is C14H20ClN3O2. The number of aliphatic hydroxyl groups excluding tert-OH is 1. The number of nitrogens with one attached hydrogen (secondary N) is 1. The van der Waals surface area contributed by atoms with Crippen LogP contribution < -0.4 is 10.9 Å². The first kappa shape index (κ1) is 13.9. The molecule has 0 bridgehead atoms. The molecule has 0 amide bonds. The number of aromatic nitrogens is 2. The first-order chi connectivity index (χ1) is 9.69. The Hall–Kier alpha value is -1.07. The second kappa shape index (κ2) is 5.74. The van der Waals surface area contributed by atoms with Gasteiger partial charge in [-0.3, -0.25) is 4.79 Å². The third kappa shape index (κ3) is 2.83. The fraction of sp³-hybridized carbons (Fsp3) is 0.714. The van der Waals surface area contributed by atoms with E-state index in [1.54, 1.807) is 0 Å². The number of anilines is 1. The van der Waals surface area contributed by atoms with Gasteiger partial charge in [-0.15, -0.1) is 0 Å². The van der Waals surface area contributed by atoms with Crippen LogP contribution in [0.2, 0.25) is 5.02 Å². The molecule has 0 aliphatic heterocycles. The molecule has 1 aromatic rings. The van der Waals surface area contributed by atoms with Gasteiger partial charge in [-0.2, -0.15) is 5.10 Å². The van der Waals surface area contributed by atoms with Gasteiger partial charge in [-0.25, -0.2) is 4.68 Å². The molecule has 20 heavy (non-hydrogen) atoms. The van der Waals surface area contributed by atoms with Crippen LogP contribution in [0, 0.1) is 11.8 Å². The minimum absolute atomic E-state index is 0.127.